The van der Waals surface area contributed by atoms with Crippen LogP contribution in [-0.2, 0) is 16.0 Å². The maximum absolute atomic E-state index is 11.7. The topological polar surface area (TPSA) is 90.5 Å². The molecule has 1 aromatic carbocycles. The van der Waals surface area contributed by atoms with E-state index in [2.05, 4.69) is 10.6 Å². The zero-order chi connectivity index (χ0) is 15.1. The second-order valence-corrected chi connectivity index (χ2v) is 5.05. The Balaban J connectivity index is 1.81. The molecule has 1 heterocycles. The zero-order valence-corrected chi connectivity index (χ0v) is 11.7. The monoisotopic (exact) mass is 291 g/mol. The zero-order valence-electron chi connectivity index (χ0n) is 11.7. The highest BCUT2D eigenvalue weighted by atomic mass is 16.5. The quantitative estimate of drug-likeness (QED) is 0.761. The van der Waals surface area contributed by atoms with Crippen molar-refractivity contribution in [2.45, 2.75) is 31.4 Å². The fraction of sp³-hybridized carbons (Fsp3) is 0.467. The van der Waals surface area contributed by atoms with E-state index in [0.717, 1.165) is 18.4 Å². The van der Waals surface area contributed by atoms with Gasteiger partial charge < -0.3 is 25.3 Å². The summed E-state index contributed by atoms with van der Waals surface area (Å²) >= 11 is 0. The predicted octanol–water partition coefficient (Wildman–Crippen LogP) is -0.174. The van der Waals surface area contributed by atoms with Crippen LogP contribution >= 0.6 is 0 Å². The Kier molecular flexibility index (Phi) is 5.57. The molecule has 114 valence electrons. The van der Waals surface area contributed by atoms with Gasteiger partial charge in [0, 0.05) is 13.2 Å². The summed E-state index contributed by atoms with van der Waals surface area (Å²) in [6.45, 7) is 1.10. The molecule has 0 unspecified atom stereocenters. The third-order valence-corrected chi connectivity index (χ3v) is 3.39. The van der Waals surface area contributed by atoms with Crippen molar-refractivity contribution in [1.82, 2.24) is 10.6 Å². The molecular weight excluding hydrogens is 272 g/mol. The van der Waals surface area contributed by atoms with Crippen LogP contribution in [0.15, 0.2) is 30.3 Å². The van der Waals surface area contributed by atoms with Crippen LogP contribution in [0.3, 0.4) is 0 Å². The maximum Gasteiger partial charge on any atom is 0.315 e. The minimum atomic E-state index is -1.30. The number of rotatable bonds is 6. The van der Waals surface area contributed by atoms with Crippen LogP contribution in [0.25, 0.3) is 0 Å². The molecule has 0 bridgehead atoms. The highest BCUT2D eigenvalue weighted by Crippen LogP contribution is 2.10. The first-order valence-corrected chi connectivity index (χ1v) is 7.06. The molecule has 21 heavy (non-hydrogen) atoms. The number of benzene rings is 1. The molecule has 1 aromatic rings. The molecule has 1 saturated heterocycles. The average molecular weight is 291 g/mol. The fourth-order valence-electron chi connectivity index (χ4n) is 2.26. The van der Waals surface area contributed by atoms with Gasteiger partial charge in [0.15, 0.2) is 0 Å². The molecule has 0 spiro atoms. The number of carboxylic acids is 1. The molecule has 1 aliphatic rings. The molecule has 1 fully saturated rings. The van der Waals surface area contributed by atoms with Crippen molar-refractivity contribution in [3.05, 3.63) is 35.9 Å². The molecule has 6 nitrogen and oxygen atoms in total. The first kappa shape index (κ1) is 15.3. The summed E-state index contributed by atoms with van der Waals surface area (Å²) in [4.78, 5) is 22.9. The van der Waals surface area contributed by atoms with E-state index >= 15 is 0 Å². The van der Waals surface area contributed by atoms with Crippen LogP contribution in [0, 0.1) is 0 Å². The Morgan fingerprint density at radius 3 is 2.71 bits per heavy atom. The molecule has 2 atom stereocenters. The largest absolute Gasteiger partial charge is 0.548 e. The summed E-state index contributed by atoms with van der Waals surface area (Å²) in [5, 5.41) is 16.2. The summed E-state index contributed by atoms with van der Waals surface area (Å²) in [5.74, 6) is -1.30. The number of hydrogen-bond donors (Lipinski definition) is 2. The van der Waals surface area contributed by atoms with Gasteiger partial charge in [-0.25, -0.2) is 4.79 Å². The van der Waals surface area contributed by atoms with Crippen molar-refractivity contribution in [1.29, 1.82) is 0 Å². The molecule has 2 rings (SSSR count). The van der Waals surface area contributed by atoms with E-state index in [-0.39, 0.29) is 12.5 Å². The van der Waals surface area contributed by atoms with Gasteiger partial charge in [-0.3, -0.25) is 0 Å². The Labute approximate surface area is 123 Å². The molecule has 0 aliphatic carbocycles. The van der Waals surface area contributed by atoms with Gasteiger partial charge in [-0.2, -0.15) is 0 Å². The van der Waals surface area contributed by atoms with Crippen LogP contribution in [0.2, 0.25) is 0 Å². The van der Waals surface area contributed by atoms with Gasteiger partial charge in [0.25, 0.3) is 0 Å². The summed E-state index contributed by atoms with van der Waals surface area (Å²) < 4.78 is 5.38. The number of amides is 2. The lowest BCUT2D eigenvalue weighted by Crippen LogP contribution is -2.52. The van der Waals surface area contributed by atoms with E-state index in [1.807, 2.05) is 30.3 Å². The molecule has 6 heteroatoms. The Morgan fingerprint density at radius 2 is 2.10 bits per heavy atom. The standard InChI is InChI=1S/C15H20N2O4/c18-14(19)13(9-11-5-2-1-3-6-11)17-15(20)16-10-12-7-4-8-21-12/h1-3,5-6,12-13H,4,7-10H2,(H,18,19)(H2,16,17,20)/p-1/t12-,13-/m0/s1. The van der Waals surface area contributed by atoms with Crippen molar-refractivity contribution in [2.75, 3.05) is 13.2 Å². The highest BCUT2D eigenvalue weighted by molar-refractivity contribution is 5.81. The fourth-order valence-corrected chi connectivity index (χ4v) is 2.26. The number of carbonyl (C=O) groups excluding carboxylic acids is 2. The lowest BCUT2D eigenvalue weighted by Gasteiger charge is -2.20. The second kappa shape index (κ2) is 7.64. The first-order valence-electron chi connectivity index (χ1n) is 7.06. The smallest absolute Gasteiger partial charge is 0.315 e. The van der Waals surface area contributed by atoms with E-state index < -0.39 is 18.0 Å². The SMILES string of the molecule is O=C(NC[C@@H]1CCCO1)N[C@@H](Cc1ccccc1)C(=O)[O-]. The van der Waals surface area contributed by atoms with Crippen LogP contribution < -0.4 is 15.7 Å². The van der Waals surface area contributed by atoms with Crippen molar-refractivity contribution >= 4 is 12.0 Å². The van der Waals surface area contributed by atoms with Crippen LogP contribution in [0.1, 0.15) is 18.4 Å². The lowest BCUT2D eigenvalue weighted by atomic mass is 10.1. The molecule has 0 saturated carbocycles. The normalized spacial score (nSPS) is 19.0. The molecule has 2 N–H and O–H groups in total. The summed E-state index contributed by atoms with van der Waals surface area (Å²) in [7, 11) is 0. The Hall–Kier alpha value is -2.08. The molecule has 0 aromatic heterocycles. The second-order valence-electron chi connectivity index (χ2n) is 5.05. The van der Waals surface area contributed by atoms with Crippen LogP contribution in [0.5, 0.6) is 0 Å². The van der Waals surface area contributed by atoms with Gasteiger partial charge in [0.2, 0.25) is 0 Å². The van der Waals surface area contributed by atoms with Gasteiger partial charge in [-0.15, -0.1) is 0 Å². The Morgan fingerprint density at radius 1 is 1.33 bits per heavy atom. The van der Waals surface area contributed by atoms with Gasteiger partial charge in [0.1, 0.15) is 0 Å². The summed E-state index contributed by atoms with van der Waals surface area (Å²) in [6.07, 6.45) is 2.11. The van der Waals surface area contributed by atoms with E-state index in [4.69, 9.17) is 4.74 Å². The Bertz CT molecular complexity index is 472. The minimum absolute atomic E-state index is 0.0197. The molecule has 2 amide bonds. The number of carbonyl (C=O) groups is 2. The number of carboxylic acid groups (broad SMARTS) is 1. The van der Waals surface area contributed by atoms with Crippen molar-refractivity contribution in [2.24, 2.45) is 0 Å². The number of hydrogen-bond acceptors (Lipinski definition) is 4. The van der Waals surface area contributed by atoms with Crippen molar-refractivity contribution < 1.29 is 19.4 Å². The third-order valence-electron chi connectivity index (χ3n) is 3.39. The minimum Gasteiger partial charge on any atom is -0.548 e. The van der Waals surface area contributed by atoms with E-state index in [9.17, 15) is 14.7 Å². The number of aliphatic carboxylic acids is 1. The first-order chi connectivity index (χ1) is 10.1. The van der Waals surface area contributed by atoms with Gasteiger partial charge in [-0.05, 0) is 24.8 Å². The summed E-state index contributed by atoms with van der Waals surface area (Å²) in [5.41, 5.74) is 0.825. The average Bonchev–Trinajstić information content (AvgIpc) is 2.99. The lowest BCUT2D eigenvalue weighted by molar-refractivity contribution is -0.308. The number of ether oxygens (including phenoxy) is 1. The van der Waals surface area contributed by atoms with Crippen LogP contribution in [-0.4, -0.2) is 37.3 Å². The highest BCUT2D eigenvalue weighted by Gasteiger charge is 2.18. The van der Waals surface area contributed by atoms with E-state index in [0.29, 0.717) is 13.2 Å². The number of urea groups is 1. The molecule has 0 radical (unpaired) electrons. The maximum atomic E-state index is 11.7. The predicted molar refractivity (Wildman–Crippen MR) is 74.4 cm³/mol. The van der Waals surface area contributed by atoms with Gasteiger partial charge >= 0.3 is 6.03 Å². The van der Waals surface area contributed by atoms with Gasteiger partial charge in [0.05, 0.1) is 18.1 Å². The van der Waals surface area contributed by atoms with Crippen molar-refractivity contribution in [3.63, 3.8) is 0 Å². The van der Waals surface area contributed by atoms with Crippen molar-refractivity contribution in [3.8, 4) is 0 Å². The van der Waals surface area contributed by atoms with Gasteiger partial charge in [-0.1, -0.05) is 30.3 Å². The third kappa shape index (κ3) is 5.07. The molecule has 1 aliphatic heterocycles. The summed E-state index contributed by atoms with van der Waals surface area (Å²) in [6, 6.07) is 7.52. The van der Waals surface area contributed by atoms with E-state index in [1.165, 1.54) is 0 Å². The van der Waals surface area contributed by atoms with E-state index in [1.54, 1.807) is 0 Å². The number of nitrogens with one attached hydrogen (secondary N) is 2. The van der Waals surface area contributed by atoms with Crippen LogP contribution in [0.4, 0.5) is 4.79 Å². The molecular formula is C15H19N2O4-.